The molecule has 1 unspecified atom stereocenters. The number of rotatable bonds is 4. The first kappa shape index (κ1) is 15.2. The Balaban J connectivity index is 1.38. The van der Waals surface area contributed by atoms with Crippen molar-refractivity contribution in [1.82, 2.24) is 20.0 Å². The van der Waals surface area contributed by atoms with Crippen LogP contribution in [0.2, 0.25) is 0 Å². The topological polar surface area (TPSA) is 61.5 Å². The maximum Gasteiger partial charge on any atom is 0.240 e. The van der Waals surface area contributed by atoms with E-state index in [2.05, 4.69) is 27.2 Å². The SMILES string of the molecule is COc1ccc(CN2CCC2C(=O)N2CCc3[nH]ncc3C2)cc1. The number of H-pyrrole nitrogens is 1. The van der Waals surface area contributed by atoms with Crippen molar-refractivity contribution >= 4 is 5.91 Å². The zero-order valence-corrected chi connectivity index (χ0v) is 13.9. The maximum absolute atomic E-state index is 12.8. The number of nitrogens with zero attached hydrogens (tertiary/aromatic N) is 3. The zero-order chi connectivity index (χ0) is 16.5. The second-order valence-electron chi connectivity index (χ2n) is 6.51. The number of carbonyl (C=O) groups excluding carboxylic acids is 1. The quantitative estimate of drug-likeness (QED) is 0.927. The zero-order valence-electron chi connectivity index (χ0n) is 13.9. The molecule has 1 fully saturated rings. The lowest BCUT2D eigenvalue weighted by atomic mass is 9.98. The van der Waals surface area contributed by atoms with E-state index in [1.807, 2.05) is 23.2 Å². The number of ether oxygens (including phenoxy) is 1. The predicted molar refractivity (Wildman–Crippen MR) is 89.5 cm³/mol. The third kappa shape index (κ3) is 2.78. The van der Waals surface area contributed by atoms with E-state index >= 15 is 0 Å². The third-order valence-corrected chi connectivity index (χ3v) is 5.07. The van der Waals surface area contributed by atoms with Gasteiger partial charge in [0.2, 0.25) is 5.91 Å². The number of amides is 1. The van der Waals surface area contributed by atoms with E-state index in [1.165, 1.54) is 11.3 Å². The Morgan fingerprint density at radius 1 is 1.33 bits per heavy atom. The van der Waals surface area contributed by atoms with Gasteiger partial charge in [0.05, 0.1) is 19.3 Å². The molecule has 4 rings (SSSR count). The van der Waals surface area contributed by atoms with Crippen molar-refractivity contribution in [2.24, 2.45) is 0 Å². The average Bonchev–Trinajstić information content (AvgIpc) is 3.06. The highest BCUT2D eigenvalue weighted by molar-refractivity contribution is 5.83. The van der Waals surface area contributed by atoms with Gasteiger partial charge in [0.25, 0.3) is 0 Å². The van der Waals surface area contributed by atoms with Crippen LogP contribution in [0.25, 0.3) is 0 Å². The minimum Gasteiger partial charge on any atom is -0.497 e. The molecule has 0 saturated carbocycles. The molecule has 1 amide bonds. The molecular weight excluding hydrogens is 304 g/mol. The van der Waals surface area contributed by atoms with Crippen LogP contribution in [-0.4, -0.2) is 52.1 Å². The van der Waals surface area contributed by atoms with Crippen molar-refractivity contribution in [2.45, 2.75) is 32.0 Å². The van der Waals surface area contributed by atoms with Gasteiger partial charge in [0.1, 0.15) is 5.75 Å². The van der Waals surface area contributed by atoms with Gasteiger partial charge < -0.3 is 9.64 Å². The third-order valence-electron chi connectivity index (χ3n) is 5.07. The maximum atomic E-state index is 12.8. The number of methoxy groups -OCH3 is 1. The number of nitrogens with one attached hydrogen (secondary N) is 1. The Morgan fingerprint density at radius 3 is 2.88 bits per heavy atom. The lowest BCUT2D eigenvalue weighted by Crippen LogP contribution is -2.57. The van der Waals surface area contributed by atoms with Gasteiger partial charge in [-0.1, -0.05) is 12.1 Å². The van der Waals surface area contributed by atoms with Crippen LogP contribution in [0.4, 0.5) is 0 Å². The van der Waals surface area contributed by atoms with Crippen molar-refractivity contribution < 1.29 is 9.53 Å². The summed E-state index contributed by atoms with van der Waals surface area (Å²) in [6, 6.07) is 8.09. The molecule has 0 aliphatic carbocycles. The van der Waals surface area contributed by atoms with Crippen molar-refractivity contribution in [3.05, 3.63) is 47.3 Å². The molecule has 1 aromatic heterocycles. The summed E-state index contributed by atoms with van der Waals surface area (Å²) in [6.45, 7) is 3.25. The normalized spacial score (nSPS) is 20.4. The Labute approximate surface area is 141 Å². The molecule has 0 radical (unpaired) electrons. The Kier molecular flexibility index (Phi) is 3.98. The Morgan fingerprint density at radius 2 is 2.17 bits per heavy atom. The number of aromatic nitrogens is 2. The van der Waals surface area contributed by atoms with E-state index in [0.29, 0.717) is 6.54 Å². The number of fused-ring (bicyclic) bond motifs is 1. The number of benzene rings is 1. The molecule has 6 nitrogen and oxygen atoms in total. The summed E-state index contributed by atoms with van der Waals surface area (Å²) >= 11 is 0. The molecule has 1 saturated heterocycles. The van der Waals surface area contributed by atoms with E-state index in [-0.39, 0.29) is 11.9 Å². The number of hydrogen-bond donors (Lipinski definition) is 1. The molecule has 3 heterocycles. The van der Waals surface area contributed by atoms with E-state index in [0.717, 1.165) is 43.8 Å². The Hall–Kier alpha value is -2.34. The summed E-state index contributed by atoms with van der Waals surface area (Å²) in [4.78, 5) is 17.1. The van der Waals surface area contributed by atoms with Crippen molar-refractivity contribution in [1.29, 1.82) is 0 Å². The first-order valence-corrected chi connectivity index (χ1v) is 8.41. The van der Waals surface area contributed by atoms with E-state index in [9.17, 15) is 4.79 Å². The molecule has 2 aliphatic heterocycles. The number of aromatic amines is 1. The van der Waals surface area contributed by atoms with Crippen LogP contribution in [0, 0.1) is 0 Å². The molecule has 0 bridgehead atoms. The van der Waals surface area contributed by atoms with Crippen LogP contribution in [0.15, 0.2) is 30.5 Å². The fourth-order valence-corrected chi connectivity index (χ4v) is 3.50. The van der Waals surface area contributed by atoms with E-state index in [4.69, 9.17) is 4.74 Å². The smallest absolute Gasteiger partial charge is 0.240 e. The first-order chi connectivity index (χ1) is 11.7. The molecule has 0 spiro atoms. The summed E-state index contributed by atoms with van der Waals surface area (Å²) in [6.07, 6.45) is 3.65. The minimum atomic E-state index is 0.0144. The second kappa shape index (κ2) is 6.28. The van der Waals surface area contributed by atoms with E-state index in [1.54, 1.807) is 7.11 Å². The summed E-state index contributed by atoms with van der Waals surface area (Å²) < 4.78 is 5.19. The van der Waals surface area contributed by atoms with Crippen LogP contribution >= 0.6 is 0 Å². The predicted octanol–water partition coefficient (Wildman–Crippen LogP) is 1.58. The van der Waals surface area contributed by atoms with Gasteiger partial charge in [-0.25, -0.2) is 0 Å². The minimum absolute atomic E-state index is 0.0144. The van der Waals surface area contributed by atoms with Gasteiger partial charge in [-0.05, 0) is 24.1 Å². The van der Waals surface area contributed by atoms with Gasteiger partial charge in [-0.2, -0.15) is 5.10 Å². The lowest BCUT2D eigenvalue weighted by molar-refractivity contribution is -0.143. The molecule has 6 heteroatoms. The van der Waals surface area contributed by atoms with Gasteiger partial charge in [0, 0.05) is 43.9 Å². The highest BCUT2D eigenvalue weighted by Gasteiger charge is 2.37. The van der Waals surface area contributed by atoms with Crippen molar-refractivity contribution in [3.8, 4) is 5.75 Å². The Bertz CT molecular complexity index is 725. The van der Waals surface area contributed by atoms with E-state index < -0.39 is 0 Å². The second-order valence-corrected chi connectivity index (χ2v) is 6.51. The molecule has 1 atom stereocenters. The van der Waals surface area contributed by atoms with Gasteiger partial charge in [-0.15, -0.1) is 0 Å². The first-order valence-electron chi connectivity index (χ1n) is 8.41. The van der Waals surface area contributed by atoms with Gasteiger partial charge >= 0.3 is 0 Å². The molecule has 1 aromatic carbocycles. The molecule has 24 heavy (non-hydrogen) atoms. The molecule has 1 N–H and O–H groups in total. The molecule has 126 valence electrons. The summed E-state index contributed by atoms with van der Waals surface area (Å²) in [5.74, 6) is 1.11. The fraction of sp³-hybridized carbons (Fsp3) is 0.444. The molecule has 2 aromatic rings. The number of carbonyl (C=O) groups is 1. The summed E-state index contributed by atoms with van der Waals surface area (Å²) in [5, 5.41) is 7.09. The van der Waals surface area contributed by atoms with Crippen LogP contribution in [0.3, 0.4) is 0 Å². The fourth-order valence-electron chi connectivity index (χ4n) is 3.50. The van der Waals surface area contributed by atoms with Gasteiger partial charge in [-0.3, -0.25) is 14.8 Å². The summed E-state index contributed by atoms with van der Waals surface area (Å²) in [7, 11) is 1.67. The number of likely N-dealkylation sites (tertiary alicyclic amines) is 1. The van der Waals surface area contributed by atoms with Crippen LogP contribution < -0.4 is 4.74 Å². The van der Waals surface area contributed by atoms with Crippen LogP contribution in [0.1, 0.15) is 23.2 Å². The summed E-state index contributed by atoms with van der Waals surface area (Å²) in [5.41, 5.74) is 3.53. The van der Waals surface area contributed by atoms with Crippen LogP contribution in [-0.2, 0) is 24.3 Å². The average molecular weight is 326 g/mol. The van der Waals surface area contributed by atoms with Crippen molar-refractivity contribution in [2.75, 3.05) is 20.2 Å². The molecular formula is C18H22N4O2. The van der Waals surface area contributed by atoms with Gasteiger partial charge in [0.15, 0.2) is 0 Å². The highest BCUT2D eigenvalue weighted by Crippen LogP contribution is 2.25. The van der Waals surface area contributed by atoms with Crippen LogP contribution in [0.5, 0.6) is 5.75 Å². The highest BCUT2D eigenvalue weighted by atomic mass is 16.5. The van der Waals surface area contributed by atoms with Crippen molar-refractivity contribution in [3.63, 3.8) is 0 Å². The largest absolute Gasteiger partial charge is 0.497 e. The molecule has 2 aliphatic rings. The lowest BCUT2D eigenvalue weighted by Gasteiger charge is -2.43. The monoisotopic (exact) mass is 326 g/mol. The standard InChI is InChI=1S/C18H22N4O2/c1-24-15-4-2-13(3-5-15)11-21-9-7-17(21)18(23)22-8-6-16-14(12-22)10-19-20-16/h2-5,10,17H,6-9,11-12H2,1H3,(H,19,20). The number of hydrogen-bond acceptors (Lipinski definition) is 4.